The lowest BCUT2D eigenvalue weighted by Crippen LogP contribution is -1.98. The van der Waals surface area contributed by atoms with Gasteiger partial charge in [-0.3, -0.25) is 0 Å². The zero-order valence-corrected chi connectivity index (χ0v) is 75.5. The first-order chi connectivity index (χ1) is 68.5. The Labute approximate surface area is 798 Å². The molecule has 0 amide bonds. The average Bonchev–Trinajstić information content (AvgIpc) is 1.57. The van der Waals surface area contributed by atoms with E-state index in [1.807, 2.05) is 0 Å². The fraction of sp³-hybridized carbons (Fsp3) is 0. The molecule has 0 fully saturated rings. The van der Waals surface area contributed by atoms with Crippen LogP contribution in [0.5, 0.6) is 0 Å². The minimum atomic E-state index is 1.14. The molecular formula is C132H88N6. The van der Waals surface area contributed by atoms with Crippen molar-refractivity contribution in [3.8, 4) is 112 Å². The number of para-hydroxylation sites is 10. The van der Waals surface area contributed by atoms with E-state index in [1.165, 1.54) is 231 Å². The van der Waals surface area contributed by atoms with Gasteiger partial charge in [-0.2, -0.15) is 0 Å². The molecule has 0 N–H and O–H groups in total. The second-order valence-electron chi connectivity index (χ2n) is 35.8. The molecular weight excluding hydrogens is 1670 g/mol. The van der Waals surface area contributed by atoms with E-state index in [1.54, 1.807) is 0 Å². The molecule has 0 saturated heterocycles. The van der Waals surface area contributed by atoms with Gasteiger partial charge in [0.05, 0.1) is 71.9 Å². The highest BCUT2D eigenvalue weighted by molar-refractivity contribution is 6.17. The Morgan fingerprint density at radius 3 is 0.674 bits per heavy atom. The van der Waals surface area contributed by atoms with Gasteiger partial charge in [-0.25, -0.2) is 0 Å². The van der Waals surface area contributed by atoms with E-state index in [0.29, 0.717) is 0 Å². The second-order valence-corrected chi connectivity index (χ2v) is 35.8. The van der Waals surface area contributed by atoms with Crippen LogP contribution in [-0.2, 0) is 0 Å². The molecule has 0 spiro atoms. The van der Waals surface area contributed by atoms with Gasteiger partial charge in [-0.1, -0.05) is 382 Å². The van der Waals surface area contributed by atoms with Crippen LogP contribution in [0, 0.1) is 0 Å². The van der Waals surface area contributed by atoms with E-state index in [9.17, 15) is 0 Å². The summed E-state index contributed by atoms with van der Waals surface area (Å²) in [5, 5.41) is 15.1. The third kappa shape index (κ3) is 13.9. The van der Waals surface area contributed by atoms with Crippen LogP contribution in [0.15, 0.2) is 534 Å². The van der Waals surface area contributed by atoms with Gasteiger partial charge in [0, 0.05) is 98.6 Å². The molecule has 0 radical (unpaired) electrons. The summed E-state index contributed by atoms with van der Waals surface area (Å²) < 4.78 is 14.4. The second kappa shape index (κ2) is 34.0. The third-order valence-corrected chi connectivity index (χ3v) is 28.0. The zero-order chi connectivity index (χ0) is 91.1. The zero-order valence-electron chi connectivity index (χ0n) is 75.5. The first-order valence-corrected chi connectivity index (χ1v) is 47.4. The predicted molar refractivity (Wildman–Crippen MR) is 583 cm³/mol. The number of aromatic nitrogens is 6. The monoisotopic (exact) mass is 1760 g/mol. The van der Waals surface area contributed by atoms with Crippen LogP contribution in [0.4, 0.5) is 0 Å². The van der Waals surface area contributed by atoms with Gasteiger partial charge in [0.25, 0.3) is 0 Å². The summed E-state index contributed by atoms with van der Waals surface area (Å²) >= 11 is 0. The van der Waals surface area contributed by atoms with E-state index >= 15 is 0 Å². The van der Waals surface area contributed by atoms with Gasteiger partial charge < -0.3 is 27.4 Å². The predicted octanol–water partition coefficient (Wildman–Crippen LogP) is 35.3. The van der Waals surface area contributed by atoms with Gasteiger partial charge in [-0.15, -0.1) is 0 Å². The van der Waals surface area contributed by atoms with Crippen LogP contribution in [0.25, 0.3) is 243 Å². The minimum absolute atomic E-state index is 1.14. The van der Waals surface area contributed by atoms with Gasteiger partial charge in [0.2, 0.25) is 0 Å². The van der Waals surface area contributed by atoms with E-state index in [2.05, 4.69) is 561 Å². The summed E-state index contributed by atoms with van der Waals surface area (Å²) in [6, 6.07) is 193. The summed E-state index contributed by atoms with van der Waals surface area (Å²) in [5.41, 5.74) is 38.6. The lowest BCUT2D eigenvalue weighted by atomic mass is 9.91. The van der Waals surface area contributed by atoms with Crippen LogP contribution in [0.3, 0.4) is 0 Å². The molecule has 0 saturated carbocycles. The van der Waals surface area contributed by atoms with Crippen LogP contribution in [-0.4, -0.2) is 27.4 Å². The molecule has 22 aromatic carbocycles. The van der Waals surface area contributed by atoms with Crippen molar-refractivity contribution < 1.29 is 0 Å². The Morgan fingerprint density at radius 1 is 0.0942 bits per heavy atom. The largest absolute Gasteiger partial charge is 0.309 e. The third-order valence-electron chi connectivity index (χ3n) is 28.0. The van der Waals surface area contributed by atoms with Crippen molar-refractivity contribution in [2.75, 3.05) is 0 Å². The number of benzene rings is 22. The standard InChI is InChI=1S/C48H32N2.2C42H28N2/c1-3-13-33(14-4-1)36-25-29-39(34-15-5-2-6-16-34)43(31-36)35-23-26-37(27-24-35)49-47-22-12-9-19-42(47)44-32-38(28-30-48(44)49)50-45-20-10-7-17-40(45)41-18-8-11-21-46(41)50;1-2-12-29(13-3-1)30-22-24-31(25-23-30)33-14-4-8-18-38(33)44-41-21-11-7-17-36(41)37-28-32(26-27-42(37)44)43-39-19-9-5-15-34(39)35-16-6-10-20-40(35)43;1-2-11-29(12-3-1)31-13-10-14-32(27-31)30-21-23-33(24-22-30)43-41-20-9-6-17-37(41)38-28-34(25-26-42(38)43)44-39-18-7-4-15-35(39)36-16-5-8-19-40(36)44/h1-32H;2*1-28H. The Morgan fingerprint density at radius 2 is 0.304 bits per heavy atom. The summed E-state index contributed by atoms with van der Waals surface area (Å²) in [7, 11) is 0. The molecule has 28 rings (SSSR count). The fourth-order valence-electron chi connectivity index (χ4n) is 21.7. The Bertz CT molecular complexity index is 9380. The number of nitrogens with zero attached hydrogens (tertiary/aromatic N) is 6. The van der Waals surface area contributed by atoms with Crippen LogP contribution in [0.2, 0.25) is 0 Å². The van der Waals surface area contributed by atoms with Crippen molar-refractivity contribution in [3.63, 3.8) is 0 Å². The molecule has 0 unspecified atom stereocenters. The van der Waals surface area contributed by atoms with Crippen molar-refractivity contribution >= 4 is 131 Å². The molecule has 0 bridgehead atoms. The molecule has 6 nitrogen and oxygen atoms in total. The first kappa shape index (κ1) is 80.5. The average molecular weight is 1760 g/mol. The highest BCUT2D eigenvalue weighted by Gasteiger charge is 2.24. The van der Waals surface area contributed by atoms with E-state index in [0.717, 1.165) is 11.4 Å². The summed E-state index contributed by atoms with van der Waals surface area (Å²) in [4.78, 5) is 0. The van der Waals surface area contributed by atoms with E-state index in [4.69, 9.17) is 0 Å². The maximum Gasteiger partial charge on any atom is 0.0542 e. The maximum atomic E-state index is 2.43. The van der Waals surface area contributed by atoms with Crippen molar-refractivity contribution in [3.05, 3.63) is 534 Å². The van der Waals surface area contributed by atoms with E-state index in [-0.39, 0.29) is 0 Å². The quantitative estimate of drug-likeness (QED) is 0.110. The van der Waals surface area contributed by atoms with Crippen molar-refractivity contribution in [1.29, 1.82) is 0 Å². The molecule has 0 atom stereocenters. The normalized spacial score (nSPS) is 11.6. The number of hydrogen-bond donors (Lipinski definition) is 0. The maximum absolute atomic E-state index is 2.43. The van der Waals surface area contributed by atoms with E-state index < -0.39 is 0 Å². The van der Waals surface area contributed by atoms with Crippen LogP contribution >= 0.6 is 0 Å². The fourth-order valence-corrected chi connectivity index (χ4v) is 21.7. The lowest BCUT2D eigenvalue weighted by Gasteiger charge is -2.15. The highest BCUT2D eigenvalue weighted by Crippen LogP contribution is 2.46. The Kier molecular flexibility index (Phi) is 19.9. The summed E-state index contributed by atoms with van der Waals surface area (Å²) in [6.07, 6.45) is 0. The molecule has 0 aliphatic carbocycles. The van der Waals surface area contributed by atoms with Crippen molar-refractivity contribution in [2.45, 2.75) is 0 Å². The Hall–Kier alpha value is -18.4. The highest BCUT2D eigenvalue weighted by atomic mass is 15.0. The molecule has 6 heteroatoms. The van der Waals surface area contributed by atoms with Gasteiger partial charge >= 0.3 is 0 Å². The molecule has 0 aliphatic heterocycles. The smallest absolute Gasteiger partial charge is 0.0542 e. The van der Waals surface area contributed by atoms with Crippen LogP contribution in [0.1, 0.15) is 0 Å². The van der Waals surface area contributed by atoms with Crippen molar-refractivity contribution in [1.82, 2.24) is 27.4 Å². The van der Waals surface area contributed by atoms with Gasteiger partial charge in [0.1, 0.15) is 0 Å². The first-order valence-electron chi connectivity index (χ1n) is 47.4. The molecule has 138 heavy (non-hydrogen) atoms. The number of rotatable bonds is 13. The SMILES string of the molecule is c1ccc(-c2ccc(-c3ccccc3)c(-c3ccc(-n4c5ccccc5c5cc(-n6c7ccccc7c7ccccc76)ccc54)cc3)c2)cc1.c1ccc(-c2ccc(-c3ccccc3-n3c4ccccc4c4cc(-n5c6ccccc6c6ccccc65)ccc43)cc2)cc1.c1ccc(-c2cccc(-c3ccc(-n4c5ccccc5c5cc(-n6c7ccccc7c7ccccc76)ccc54)cc3)c2)cc1. The number of fused-ring (bicyclic) bond motifs is 18. The lowest BCUT2D eigenvalue weighted by molar-refractivity contribution is 1.17. The summed E-state index contributed by atoms with van der Waals surface area (Å²) in [5.74, 6) is 0. The molecule has 28 aromatic rings. The van der Waals surface area contributed by atoms with Crippen molar-refractivity contribution in [2.24, 2.45) is 0 Å². The van der Waals surface area contributed by atoms with Gasteiger partial charge in [0.15, 0.2) is 0 Å². The molecule has 6 heterocycles. The topological polar surface area (TPSA) is 29.6 Å². The van der Waals surface area contributed by atoms with Gasteiger partial charge in [-0.05, 0) is 224 Å². The molecule has 0 aliphatic rings. The Balaban J connectivity index is 0.000000107. The van der Waals surface area contributed by atoms with Crippen LogP contribution < -0.4 is 0 Å². The summed E-state index contributed by atoms with van der Waals surface area (Å²) in [6.45, 7) is 0. The number of hydrogen-bond acceptors (Lipinski definition) is 0. The molecule has 646 valence electrons. The minimum Gasteiger partial charge on any atom is -0.309 e. The molecule has 6 aromatic heterocycles.